The Morgan fingerprint density at radius 2 is 1.13 bits per heavy atom. The monoisotopic (exact) mass is 498 g/mol. The minimum absolute atomic E-state index is 0.796. The van der Waals surface area contributed by atoms with Crippen molar-refractivity contribution in [3.05, 3.63) is 145 Å². The molecule has 0 N–H and O–H groups in total. The normalized spacial score (nSPS) is 13.1. The predicted octanol–water partition coefficient (Wildman–Crippen LogP) is 9.30. The van der Waals surface area contributed by atoms with Crippen LogP contribution in [0.5, 0.6) is 0 Å². The number of aliphatic imine (C=N–C) groups is 1. The highest BCUT2D eigenvalue weighted by molar-refractivity contribution is 6.19. The third-order valence-corrected chi connectivity index (χ3v) is 8.09. The maximum atomic E-state index is 5.07. The molecule has 1 aliphatic heterocycles. The molecule has 2 heteroatoms. The van der Waals surface area contributed by atoms with E-state index in [1.807, 2.05) is 0 Å². The maximum Gasteiger partial charge on any atom is 0.140 e. The molecule has 184 valence electrons. The van der Waals surface area contributed by atoms with Gasteiger partial charge < -0.3 is 0 Å². The molecule has 0 atom stereocenters. The largest absolute Gasteiger partial charge is 0.295 e. The Labute approximate surface area is 228 Å². The average molecular weight is 499 g/mol. The third-order valence-electron chi connectivity index (χ3n) is 8.09. The Morgan fingerprint density at radius 1 is 0.487 bits per heavy atom. The topological polar surface area (TPSA) is 15.6 Å². The van der Waals surface area contributed by atoms with Crippen molar-refractivity contribution < 1.29 is 0 Å². The molecular weight excluding hydrogens is 472 g/mol. The quantitative estimate of drug-likeness (QED) is 0.237. The van der Waals surface area contributed by atoms with Gasteiger partial charge in [0.25, 0.3) is 0 Å². The summed E-state index contributed by atoms with van der Waals surface area (Å²) in [6, 6.07) is 48.3. The fourth-order valence-electron chi connectivity index (χ4n) is 6.36. The van der Waals surface area contributed by atoms with Crippen molar-refractivity contribution in [2.24, 2.45) is 4.99 Å². The van der Waals surface area contributed by atoms with Crippen molar-refractivity contribution >= 4 is 28.0 Å². The second-order valence-corrected chi connectivity index (χ2v) is 10.3. The highest BCUT2D eigenvalue weighted by atomic mass is 15.2. The zero-order valence-electron chi connectivity index (χ0n) is 21.5. The van der Waals surface area contributed by atoms with E-state index < -0.39 is 0 Å². The second-order valence-electron chi connectivity index (χ2n) is 10.3. The first kappa shape index (κ1) is 22.1. The number of rotatable bonds is 3. The minimum atomic E-state index is 0.796. The number of fused-ring (bicyclic) bond motifs is 4. The molecule has 0 unspecified atom stereocenters. The molecule has 1 aliphatic carbocycles. The molecule has 1 heterocycles. The summed E-state index contributed by atoms with van der Waals surface area (Å²) in [6.07, 6.45) is 0.978. The van der Waals surface area contributed by atoms with Crippen LogP contribution in [-0.4, -0.2) is 12.4 Å². The summed E-state index contributed by atoms with van der Waals surface area (Å²) in [7, 11) is 0. The lowest BCUT2D eigenvalue weighted by molar-refractivity contribution is 0.935. The molecule has 39 heavy (non-hydrogen) atoms. The molecule has 0 amide bonds. The second kappa shape index (κ2) is 8.82. The van der Waals surface area contributed by atoms with E-state index in [4.69, 9.17) is 4.99 Å². The number of amidine groups is 1. The first-order valence-electron chi connectivity index (χ1n) is 13.6. The van der Waals surface area contributed by atoms with E-state index in [1.54, 1.807) is 0 Å². The number of benzene rings is 6. The number of anilines is 2. The standard InChI is InChI=1S/C37H26N2/c1-2-12-27(13-3-1)39(37-30-15-5-4-10-25(30)22-23-38-37)28-14-8-11-26(24-28)29-20-21-35-32-17-7-6-16-31(32)34-19-9-18-33(29)36(34)35/h1-21,24H,22-23H2. The number of hydrogen-bond acceptors (Lipinski definition) is 2. The van der Waals surface area contributed by atoms with E-state index in [0.29, 0.717) is 0 Å². The molecule has 0 saturated carbocycles. The van der Waals surface area contributed by atoms with Crippen molar-refractivity contribution in [1.82, 2.24) is 0 Å². The Hall–Kier alpha value is -4.95. The number of nitrogens with zero attached hydrogens (tertiary/aromatic N) is 2. The van der Waals surface area contributed by atoms with Gasteiger partial charge in [0, 0.05) is 23.5 Å². The van der Waals surface area contributed by atoms with Crippen LogP contribution >= 0.6 is 0 Å². The van der Waals surface area contributed by atoms with Crippen molar-refractivity contribution in [2.75, 3.05) is 11.4 Å². The molecule has 0 saturated heterocycles. The Kier molecular flexibility index (Phi) is 4.99. The SMILES string of the molecule is c1ccc(N(C2=NCCc3ccccc32)c2cccc(-c3ccc4c5c(cccc35)-c3ccccc3-4)c2)cc1. The lowest BCUT2D eigenvalue weighted by atomic mass is 9.94. The van der Waals surface area contributed by atoms with Crippen LogP contribution in [0, 0.1) is 0 Å². The van der Waals surface area contributed by atoms with Crippen molar-refractivity contribution in [2.45, 2.75) is 6.42 Å². The fraction of sp³-hybridized carbons (Fsp3) is 0.0541. The third kappa shape index (κ3) is 3.45. The van der Waals surface area contributed by atoms with Gasteiger partial charge in [0.2, 0.25) is 0 Å². The van der Waals surface area contributed by atoms with Gasteiger partial charge in [-0.15, -0.1) is 0 Å². The van der Waals surface area contributed by atoms with Crippen LogP contribution in [-0.2, 0) is 6.42 Å². The van der Waals surface area contributed by atoms with E-state index in [9.17, 15) is 0 Å². The number of hydrogen-bond donors (Lipinski definition) is 0. The van der Waals surface area contributed by atoms with E-state index in [0.717, 1.165) is 30.2 Å². The summed E-state index contributed by atoms with van der Waals surface area (Å²) in [6.45, 7) is 0.796. The summed E-state index contributed by atoms with van der Waals surface area (Å²) in [4.78, 5) is 7.39. The molecule has 0 fully saturated rings. The first-order chi connectivity index (χ1) is 19.4. The van der Waals surface area contributed by atoms with Gasteiger partial charge in [-0.2, -0.15) is 0 Å². The van der Waals surface area contributed by atoms with Gasteiger partial charge in [-0.25, -0.2) is 0 Å². The van der Waals surface area contributed by atoms with E-state index >= 15 is 0 Å². The fourth-order valence-corrected chi connectivity index (χ4v) is 6.36. The molecule has 6 aromatic carbocycles. The molecule has 0 aromatic heterocycles. The van der Waals surface area contributed by atoms with Crippen LogP contribution in [0.2, 0.25) is 0 Å². The zero-order valence-corrected chi connectivity index (χ0v) is 21.5. The summed E-state index contributed by atoms with van der Waals surface area (Å²) in [5.41, 5.74) is 12.6. The maximum absolute atomic E-state index is 5.07. The molecule has 2 aliphatic rings. The molecule has 0 bridgehead atoms. The van der Waals surface area contributed by atoms with Gasteiger partial charge in [0.15, 0.2) is 0 Å². The van der Waals surface area contributed by atoms with Crippen molar-refractivity contribution in [3.63, 3.8) is 0 Å². The summed E-state index contributed by atoms with van der Waals surface area (Å²) < 4.78 is 0. The lowest BCUT2D eigenvalue weighted by Crippen LogP contribution is -2.30. The van der Waals surface area contributed by atoms with Crippen LogP contribution in [0.25, 0.3) is 44.2 Å². The lowest BCUT2D eigenvalue weighted by Gasteiger charge is -2.30. The van der Waals surface area contributed by atoms with Crippen LogP contribution in [0.1, 0.15) is 11.1 Å². The molecule has 0 radical (unpaired) electrons. The van der Waals surface area contributed by atoms with Crippen molar-refractivity contribution in [3.8, 4) is 33.4 Å². The Balaban J connectivity index is 1.31. The van der Waals surface area contributed by atoms with Gasteiger partial charge in [0.1, 0.15) is 5.84 Å². The smallest absolute Gasteiger partial charge is 0.140 e. The predicted molar refractivity (Wildman–Crippen MR) is 164 cm³/mol. The van der Waals surface area contributed by atoms with Gasteiger partial charge in [-0.1, -0.05) is 109 Å². The Morgan fingerprint density at radius 3 is 1.97 bits per heavy atom. The van der Waals surface area contributed by atoms with E-state index in [-0.39, 0.29) is 0 Å². The highest BCUT2D eigenvalue weighted by Crippen LogP contribution is 2.49. The van der Waals surface area contributed by atoms with Crippen LogP contribution < -0.4 is 4.90 Å². The van der Waals surface area contributed by atoms with E-state index in [1.165, 1.54) is 55.3 Å². The molecule has 2 nitrogen and oxygen atoms in total. The van der Waals surface area contributed by atoms with Crippen LogP contribution in [0.4, 0.5) is 11.4 Å². The van der Waals surface area contributed by atoms with Gasteiger partial charge in [-0.3, -0.25) is 9.89 Å². The van der Waals surface area contributed by atoms with E-state index in [2.05, 4.69) is 138 Å². The highest BCUT2D eigenvalue weighted by Gasteiger charge is 2.25. The van der Waals surface area contributed by atoms with Gasteiger partial charge >= 0.3 is 0 Å². The first-order valence-corrected chi connectivity index (χ1v) is 13.6. The minimum Gasteiger partial charge on any atom is -0.295 e. The summed E-state index contributed by atoms with van der Waals surface area (Å²) in [5, 5.41) is 2.65. The van der Waals surface area contributed by atoms with Gasteiger partial charge in [-0.05, 0) is 80.4 Å². The molecule has 0 spiro atoms. The number of para-hydroxylation sites is 1. The van der Waals surface area contributed by atoms with Crippen LogP contribution in [0.15, 0.2) is 138 Å². The summed E-state index contributed by atoms with van der Waals surface area (Å²) >= 11 is 0. The van der Waals surface area contributed by atoms with Crippen molar-refractivity contribution in [1.29, 1.82) is 0 Å². The Bertz CT molecular complexity index is 1890. The summed E-state index contributed by atoms with van der Waals surface area (Å²) in [5.74, 6) is 1.01. The zero-order chi connectivity index (χ0) is 25.8. The molecular formula is C37H26N2. The average Bonchev–Trinajstić information content (AvgIpc) is 3.34. The molecule has 6 aromatic rings. The van der Waals surface area contributed by atoms with Gasteiger partial charge in [0.05, 0.1) is 0 Å². The van der Waals surface area contributed by atoms with Crippen LogP contribution in [0.3, 0.4) is 0 Å². The molecule has 8 rings (SSSR count).